The first-order valence-corrected chi connectivity index (χ1v) is 6.45. The van der Waals surface area contributed by atoms with Crippen LogP contribution in [0.4, 0.5) is 0 Å². The van der Waals surface area contributed by atoms with Crippen molar-refractivity contribution in [2.24, 2.45) is 0 Å². The van der Waals surface area contributed by atoms with Gasteiger partial charge < -0.3 is 5.11 Å². The second-order valence-corrected chi connectivity index (χ2v) is 8.91. The van der Waals surface area contributed by atoms with Gasteiger partial charge in [0.05, 0.1) is 14.1 Å². The number of nitrogens with zero attached hydrogens (tertiary/aromatic N) is 1. The van der Waals surface area contributed by atoms with Gasteiger partial charge in [0.1, 0.15) is 5.22 Å². The molecule has 0 aromatic carbocycles. The third-order valence-electron chi connectivity index (χ3n) is 1.68. The molecule has 9 heavy (non-hydrogen) atoms. The Morgan fingerprint density at radius 2 is 1.78 bits per heavy atom. The summed E-state index contributed by atoms with van der Waals surface area (Å²) >= 11 is 0. The molecule has 0 fully saturated rings. The highest BCUT2D eigenvalue weighted by Crippen LogP contribution is 2.18. The molecule has 0 aliphatic heterocycles. The van der Waals surface area contributed by atoms with Crippen molar-refractivity contribution in [2.75, 3.05) is 0 Å². The average molecular weight is 143 g/mol. The fourth-order valence-electron chi connectivity index (χ4n) is 0.168. The maximum Gasteiger partial charge on any atom is 0.134 e. The van der Waals surface area contributed by atoms with Crippen LogP contribution in [0, 0.1) is 11.3 Å². The summed E-state index contributed by atoms with van der Waals surface area (Å²) in [6.07, 6.45) is 0. The lowest BCUT2D eigenvalue weighted by atomic mass is 10.4. The molecule has 0 saturated carbocycles. The molecule has 0 rings (SSSR count). The lowest BCUT2D eigenvalue weighted by Gasteiger charge is -2.27. The highest BCUT2D eigenvalue weighted by molar-refractivity contribution is 6.79. The van der Waals surface area contributed by atoms with Crippen molar-refractivity contribution in [1.82, 2.24) is 0 Å². The molecule has 0 unspecified atom stereocenters. The standard InChI is InChI=1S/C6H13NOSi/c1-6(8,5-7)9(2,3)4/h8H,1-4H3/t6-/m1/s1. The van der Waals surface area contributed by atoms with E-state index in [1.165, 1.54) is 0 Å². The van der Waals surface area contributed by atoms with Crippen molar-refractivity contribution in [1.29, 1.82) is 5.26 Å². The minimum atomic E-state index is -1.69. The molecule has 1 atom stereocenters. The predicted octanol–water partition coefficient (Wildman–Crippen LogP) is 1.14. The van der Waals surface area contributed by atoms with E-state index in [9.17, 15) is 5.11 Å². The van der Waals surface area contributed by atoms with E-state index in [2.05, 4.69) is 0 Å². The van der Waals surface area contributed by atoms with Gasteiger partial charge in [-0.3, -0.25) is 0 Å². The minimum Gasteiger partial charge on any atom is -0.379 e. The third-order valence-corrected chi connectivity index (χ3v) is 4.71. The molecule has 3 heteroatoms. The Labute approximate surface area is 57.1 Å². The molecule has 0 aromatic heterocycles. The van der Waals surface area contributed by atoms with Crippen LogP contribution in [0.15, 0.2) is 0 Å². The van der Waals surface area contributed by atoms with Crippen LogP contribution in [-0.2, 0) is 0 Å². The molecule has 0 bridgehead atoms. The first-order chi connectivity index (χ1) is 3.81. The normalized spacial score (nSPS) is 18.2. The summed E-state index contributed by atoms with van der Waals surface area (Å²) in [5, 5.41) is 16.7. The monoisotopic (exact) mass is 143 g/mol. The van der Waals surface area contributed by atoms with Crippen LogP contribution in [0.1, 0.15) is 6.92 Å². The SMILES string of the molecule is C[C@](O)(C#N)[Si](C)(C)C. The summed E-state index contributed by atoms with van der Waals surface area (Å²) in [5.74, 6) is 0. The van der Waals surface area contributed by atoms with E-state index >= 15 is 0 Å². The average Bonchev–Trinajstić information content (AvgIpc) is 1.64. The van der Waals surface area contributed by atoms with Gasteiger partial charge in [-0.2, -0.15) is 5.26 Å². The van der Waals surface area contributed by atoms with Gasteiger partial charge in [0.2, 0.25) is 0 Å². The lowest BCUT2D eigenvalue weighted by molar-refractivity contribution is 0.194. The van der Waals surface area contributed by atoms with E-state index < -0.39 is 13.3 Å². The molecule has 0 aliphatic rings. The van der Waals surface area contributed by atoms with Gasteiger partial charge in [0.25, 0.3) is 0 Å². The summed E-state index contributed by atoms with van der Waals surface area (Å²) in [7, 11) is -1.69. The lowest BCUT2D eigenvalue weighted by Crippen LogP contribution is -2.48. The summed E-state index contributed by atoms with van der Waals surface area (Å²) in [6, 6.07) is 1.90. The number of hydrogen-bond donors (Lipinski definition) is 1. The molecular weight excluding hydrogens is 130 g/mol. The van der Waals surface area contributed by atoms with Crippen LogP contribution in [0.25, 0.3) is 0 Å². The fourth-order valence-corrected chi connectivity index (χ4v) is 0.503. The van der Waals surface area contributed by atoms with Gasteiger partial charge in [-0.15, -0.1) is 0 Å². The van der Waals surface area contributed by atoms with Crippen molar-refractivity contribution in [2.45, 2.75) is 31.8 Å². The Morgan fingerprint density at radius 3 is 1.78 bits per heavy atom. The van der Waals surface area contributed by atoms with Gasteiger partial charge in [-0.05, 0) is 6.92 Å². The van der Waals surface area contributed by atoms with Crippen molar-refractivity contribution in [3.05, 3.63) is 0 Å². The molecule has 0 saturated heterocycles. The maximum atomic E-state index is 9.36. The molecule has 2 nitrogen and oxygen atoms in total. The zero-order valence-corrected chi connectivity index (χ0v) is 7.39. The smallest absolute Gasteiger partial charge is 0.134 e. The first kappa shape index (κ1) is 8.67. The second kappa shape index (κ2) is 2.12. The van der Waals surface area contributed by atoms with E-state index in [0.29, 0.717) is 0 Å². The number of hydrogen-bond acceptors (Lipinski definition) is 2. The van der Waals surface area contributed by atoms with Gasteiger partial charge in [-0.1, -0.05) is 19.6 Å². The largest absolute Gasteiger partial charge is 0.379 e. The Kier molecular flexibility index (Phi) is 2.05. The molecule has 0 heterocycles. The van der Waals surface area contributed by atoms with Crippen molar-refractivity contribution in [3.63, 3.8) is 0 Å². The van der Waals surface area contributed by atoms with Crippen molar-refractivity contribution in [3.8, 4) is 6.07 Å². The van der Waals surface area contributed by atoms with E-state index in [-0.39, 0.29) is 0 Å². The van der Waals surface area contributed by atoms with Crippen molar-refractivity contribution < 1.29 is 5.11 Å². The highest BCUT2D eigenvalue weighted by Gasteiger charge is 2.36. The molecule has 0 aromatic rings. The van der Waals surface area contributed by atoms with Gasteiger partial charge in [0, 0.05) is 0 Å². The van der Waals surface area contributed by atoms with E-state index in [1.54, 1.807) is 6.92 Å². The highest BCUT2D eigenvalue weighted by atomic mass is 28.3. The Balaban J connectivity index is 4.39. The van der Waals surface area contributed by atoms with Crippen LogP contribution in [0.5, 0.6) is 0 Å². The van der Waals surface area contributed by atoms with Gasteiger partial charge >= 0.3 is 0 Å². The molecule has 0 amide bonds. The predicted molar refractivity (Wildman–Crippen MR) is 39.6 cm³/mol. The Morgan fingerprint density at radius 1 is 1.44 bits per heavy atom. The summed E-state index contributed by atoms with van der Waals surface area (Å²) in [4.78, 5) is 0. The molecule has 0 aliphatic carbocycles. The van der Waals surface area contributed by atoms with Gasteiger partial charge in [0.15, 0.2) is 0 Å². The molecule has 0 spiro atoms. The van der Waals surface area contributed by atoms with Crippen LogP contribution in [0.3, 0.4) is 0 Å². The number of aliphatic hydroxyl groups is 1. The summed E-state index contributed by atoms with van der Waals surface area (Å²) < 4.78 is 0. The molecule has 0 radical (unpaired) electrons. The minimum absolute atomic E-state index is 1.08. The maximum absolute atomic E-state index is 9.36. The zero-order valence-electron chi connectivity index (χ0n) is 6.39. The Bertz CT molecular complexity index is 140. The van der Waals surface area contributed by atoms with E-state index in [0.717, 1.165) is 0 Å². The fraction of sp³-hybridized carbons (Fsp3) is 0.833. The number of rotatable bonds is 1. The first-order valence-electron chi connectivity index (χ1n) is 2.95. The zero-order chi connectivity index (χ0) is 7.71. The number of nitriles is 1. The second-order valence-electron chi connectivity index (χ2n) is 3.43. The van der Waals surface area contributed by atoms with Gasteiger partial charge in [-0.25, -0.2) is 0 Å². The quantitative estimate of drug-likeness (QED) is 0.442. The third kappa shape index (κ3) is 1.81. The summed E-state index contributed by atoms with van der Waals surface area (Å²) in [5.41, 5.74) is 0. The molecule has 1 N–H and O–H groups in total. The topological polar surface area (TPSA) is 44.0 Å². The van der Waals surface area contributed by atoms with E-state index in [1.807, 2.05) is 25.7 Å². The van der Waals surface area contributed by atoms with Crippen LogP contribution in [-0.4, -0.2) is 18.4 Å². The Hall–Kier alpha value is -0.333. The van der Waals surface area contributed by atoms with Crippen molar-refractivity contribution >= 4 is 8.07 Å². The van der Waals surface area contributed by atoms with Crippen LogP contribution >= 0.6 is 0 Å². The molecule has 52 valence electrons. The van der Waals surface area contributed by atoms with Crippen LogP contribution < -0.4 is 0 Å². The summed E-state index contributed by atoms with van der Waals surface area (Å²) in [6.45, 7) is 7.49. The molecular formula is C6H13NOSi. The van der Waals surface area contributed by atoms with E-state index in [4.69, 9.17) is 5.26 Å². The van der Waals surface area contributed by atoms with Crippen LogP contribution in [0.2, 0.25) is 19.6 Å².